The van der Waals surface area contributed by atoms with E-state index in [1.165, 1.54) is 29.8 Å². The van der Waals surface area contributed by atoms with E-state index in [9.17, 15) is 14.3 Å². The Labute approximate surface area is 144 Å². The van der Waals surface area contributed by atoms with Crippen molar-refractivity contribution in [3.8, 4) is 0 Å². The summed E-state index contributed by atoms with van der Waals surface area (Å²) in [4.78, 5) is 12.4. The highest BCUT2D eigenvalue weighted by atomic mass is 19.1. The van der Waals surface area contributed by atoms with E-state index in [1.807, 2.05) is 12.1 Å². The fraction of sp³-hybridized carbons (Fsp3) is 0.263. The van der Waals surface area contributed by atoms with Crippen LogP contribution in [-0.2, 0) is 6.54 Å². The van der Waals surface area contributed by atoms with E-state index in [0.29, 0.717) is 23.8 Å². The van der Waals surface area contributed by atoms with E-state index < -0.39 is 0 Å². The molecule has 1 fully saturated rings. The second-order valence-electron chi connectivity index (χ2n) is 6.27. The Hall–Kier alpha value is -2.73. The van der Waals surface area contributed by atoms with Gasteiger partial charge in [-0.2, -0.15) is 5.10 Å². The largest absolute Gasteiger partial charge is 0.394 e. The Morgan fingerprint density at radius 2 is 2.00 bits per heavy atom. The van der Waals surface area contributed by atoms with E-state index >= 15 is 0 Å². The number of nitrogens with zero attached hydrogens (tertiary/aromatic N) is 2. The van der Waals surface area contributed by atoms with Crippen molar-refractivity contribution < 1.29 is 14.3 Å². The fourth-order valence-electron chi connectivity index (χ4n) is 3.12. The lowest BCUT2D eigenvalue weighted by Crippen LogP contribution is -2.13. The predicted molar refractivity (Wildman–Crippen MR) is 93.1 cm³/mol. The maximum atomic E-state index is 13.0. The van der Waals surface area contributed by atoms with Crippen molar-refractivity contribution in [1.82, 2.24) is 9.78 Å². The number of hydrogen-bond donors (Lipinski definition) is 2. The molecule has 0 radical (unpaired) electrons. The summed E-state index contributed by atoms with van der Waals surface area (Å²) in [6, 6.07) is 11.4. The molecule has 0 spiro atoms. The number of anilines is 1. The number of halogens is 1. The summed E-state index contributed by atoms with van der Waals surface area (Å²) in [5, 5.41) is 17.5. The number of aromatic nitrogens is 2. The van der Waals surface area contributed by atoms with Gasteiger partial charge in [0.1, 0.15) is 5.82 Å². The van der Waals surface area contributed by atoms with Crippen molar-refractivity contribution in [3.05, 3.63) is 59.4 Å². The maximum Gasteiger partial charge on any atom is 0.256 e. The molecule has 1 saturated carbocycles. The van der Waals surface area contributed by atoms with E-state index in [1.54, 1.807) is 4.68 Å². The number of benzene rings is 2. The summed E-state index contributed by atoms with van der Waals surface area (Å²) in [6.45, 7) is 0.341. The van der Waals surface area contributed by atoms with Gasteiger partial charge in [-0.1, -0.05) is 12.1 Å². The standard InChI is InChI=1S/C19H18FN3O2/c20-14-8-6-13(7-9-14)19(25)21-18-16-3-1-2-15(12-4-5-12)17(16)23(22-18)10-11-24/h1-3,6-9,12,24H,4-5,10-11H2,(H,21,22,25). The molecule has 6 heteroatoms. The van der Waals surface area contributed by atoms with Crippen LogP contribution in [0.5, 0.6) is 0 Å². The molecule has 2 aromatic carbocycles. The van der Waals surface area contributed by atoms with Gasteiger partial charge in [-0.05, 0) is 54.7 Å². The van der Waals surface area contributed by atoms with Gasteiger partial charge in [-0.3, -0.25) is 9.48 Å². The first-order chi connectivity index (χ1) is 12.2. The maximum absolute atomic E-state index is 13.0. The molecular weight excluding hydrogens is 321 g/mol. The molecular formula is C19H18FN3O2. The molecule has 4 rings (SSSR count). The van der Waals surface area contributed by atoms with E-state index in [-0.39, 0.29) is 18.3 Å². The van der Waals surface area contributed by atoms with E-state index in [4.69, 9.17) is 0 Å². The Bertz CT molecular complexity index is 930. The number of para-hydroxylation sites is 1. The molecule has 0 saturated heterocycles. The average molecular weight is 339 g/mol. The van der Waals surface area contributed by atoms with Crippen molar-refractivity contribution >= 4 is 22.6 Å². The van der Waals surface area contributed by atoms with Crippen LogP contribution in [0.25, 0.3) is 10.9 Å². The van der Waals surface area contributed by atoms with Crippen molar-refractivity contribution in [2.24, 2.45) is 0 Å². The number of carbonyl (C=O) groups excluding carboxylic acids is 1. The summed E-state index contributed by atoms with van der Waals surface area (Å²) in [6.07, 6.45) is 2.31. The third-order valence-electron chi connectivity index (χ3n) is 4.47. The van der Waals surface area contributed by atoms with Crippen LogP contribution >= 0.6 is 0 Å². The molecule has 1 heterocycles. The molecule has 1 aromatic heterocycles. The van der Waals surface area contributed by atoms with Gasteiger partial charge < -0.3 is 10.4 Å². The summed E-state index contributed by atoms with van der Waals surface area (Å²) >= 11 is 0. The second kappa shape index (κ2) is 6.29. The minimum atomic E-state index is -0.386. The van der Waals surface area contributed by atoms with E-state index in [0.717, 1.165) is 23.7 Å². The molecule has 0 bridgehead atoms. The van der Waals surface area contributed by atoms with Crippen LogP contribution in [0.2, 0.25) is 0 Å². The number of carbonyl (C=O) groups is 1. The monoisotopic (exact) mass is 339 g/mol. The minimum absolute atomic E-state index is 0.0267. The zero-order valence-electron chi connectivity index (χ0n) is 13.6. The van der Waals surface area contributed by atoms with Gasteiger partial charge in [0.2, 0.25) is 0 Å². The summed E-state index contributed by atoms with van der Waals surface area (Å²) in [7, 11) is 0. The van der Waals surface area contributed by atoms with Crippen molar-refractivity contribution in [1.29, 1.82) is 0 Å². The topological polar surface area (TPSA) is 67.2 Å². The normalized spacial score (nSPS) is 14.0. The number of aliphatic hydroxyl groups is 1. The van der Waals surface area contributed by atoms with Crippen LogP contribution in [0.1, 0.15) is 34.7 Å². The molecule has 25 heavy (non-hydrogen) atoms. The molecule has 5 nitrogen and oxygen atoms in total. The van der Waals surface area contributed by atoms with Gasteiger partial charge in [0.05, 0.1) is 18.7 Å². The van der Waals surface area contributed by atoms with Gasteiger partial charge in [0, 0.05) is 10.9 Å². The van der Waals surface area contributed by atoms with Crippen LogP contribution < -0.4 is 5.32 Å². The highest BCUT2D eigenvalue weighted by Crippen LogP contribution is 2.44. The van der Waals surface area contributed by atoms with Crippen LogP contribution in [0.4, 0.5) is 10.2 Å². The lowest BCUT2D eigenvalue weighted by Gasteiger charge is -2.05. The highest BCUT2D eigenvalue weighted by Gasteiger charge is 2.28. The third kappa shape index (κ3) is 3.00. The number of hydrogen-bond acceptors (Lipinski definition) is 3. The lowest BCUT2D eigenvalue weighted by atomic mass is 10.1. The zero-order valence-corrected chi connectivity index (χ0v) is 13.6. The van der Waals surface area contributed by atoms with E-state index in [2.05, 4.69) is 16.5 Å². The van der Waals surface area contributed by atoms with Gasteiger partial charge in [0.25, 0.3) is 5.91 Å². The van der Waals surface area contributed by atoms with Crippen LogP contribution in [-0.4, -0.2) is 27.4 Å². The number of amides is 1. The summed E-state index contributed by atoms with van der Waals surface area (Å²) < 4.78 is 14.8. The van der Waals surface area contributed by atoms with Gasteiger partial charge >= 0.3 is 0 Å². The first-order valence-corrected chi connectivity index (χ1v) is 8.34. The smallest absolute Gasteiger partial charge is 0.256 e. The minimum Gasteiger partial charge on any atom is -0.394 e. The number of nitrogens with one attached hydrogen (secondary N) is 1. The molecule has 2 N–H and O–H groups in total. The van der Waals surface area contributed by atoms with Crippen molar-refractivity contribution in [3.63, 3.8) is 0 Å². The zero-order chi connectivity index (χ0) is 17.4. The first-order valence-electron chi connectivity index (χ1n) is 8.34. The van der Waals surface area contributed by atoms with Crippen molar-refractivity contribution in [2.75, 3.05) is 11.9 Å². The first kappa shape index (κ1) is 15.8. The predicted octanol–water partition coefficient (Wildman–Crippen LogP) is 3.30. The van der Waals surface area contributed by atoms with Crippen LogP contribution in [0.15, 0.2) is 42.5 Å². The average Bonchev–Trinajstić information content (AvgIpc) is 3.40. The molecule has 0 unspecified atom stereocenters. The number of aliphatic hydroxyl groups excluding tert-OH is 1. The lowest BCUT2D eigenvalue weighted by molar-refractivity contribution is 0.102. The number of fused-ring (bicyclic) bond motifs is 1. The molecule has 1 amide bonds. The fourth-order valence-corrected chi connectivity index (χ4v) is 3.12. The van der Waals surface area contributed by atoms with Gasteiger partial charge in [0.15, 0.2) is 5.82 Å². The molecule has 3 aromatic rings. The third-order valence-corrected chi connectivity index (χ3v) is 4.47. The van der Waals surface area contributed by atoms with Crippen LogP contribution in [0.3, 0.4) is 0 Å². The Kier molecular flexibility index (Phi) is 3.97. The summed E-state index contributed by atoms with van der Waals surface area (Å²) in [5.74, 6) is 0.259. The molecule has 0 atom stereocenters. The molecule has 1 aliphatic rings. The quantitative estimate of drug-likeness (QED) is 0.749. The molecule has 0 aliphatic heterocycles. The van der Waals surface area contributed by atoms with Crippen molar-refractivity contribution in [2.45, 2.75) is 25.3 Å². The highest BCUT2D eigenvalue weighted by molar-refractivity contribution is 6.08. The van der Waals surface area contributed by atoms with Gasteiger partial charge in [-0.15, -0.1) is 0 Å². The van der Waals surface area contributed by atoms with Crippen LogP contribution in [0, 0.1) is 5.82 Å². The second-order valence-corrected chi connectivity index (χ2v) is 6.27. The molecule has 1 aliphatic carbocycles. The number of rotatable bonds is 5. The Morgan fingerprint density at radius 1 is 1.24 bits per heavy atom. The Balaban J connectivity index is 1.73. The SMILES string of the molecule is O=C(Nc1nn(CCO)c2c(C3CC3)cccc12)c1ccc(F)cc1. The summed E-state index contributed by atoms with van der Waals surface area (Å²) in [5.41, 5.74) is 2.54. The van der Waals surface area contributed by atoms with Gasteiger partial charge in [-0.25, -0.2) is 4.39 Å². The Morgan fingerprint density at radius 3 is 2.68 bits per heavy atom. The molecule has 128 valence electrons.